The van der Waals surface area contributed by atoms with Crippen molar-refractivity contribution in [2.24, 2.45) is 0 Å². The molecular formula is C18H21FN2O5S2. The lowest BCUT2D eigenvalue weighted by molar-refractivity contribution is 0.0730. The molecule has 1 N–H and O–H groups in total. The maximum absolute atomic E-state index is 13.3. The van der Waals surface area contributed by atoms with Gasteiger partial charge in [-0.3, -0.25) is 0 Å². The summed E-state index contributed by atoms with van der Waals surface area (Å²) < 4.78 is 72.3. The monoisotopic (exact) mass is 428 g/mol. The molecule has 10 heteroatoms. The average molecular weight is 429 g/mol. The maximum Gasteiger partial charge on any atom is 0.243 e. The van der Waals surface area contributed by atoms with E-state index >= 15 is 0 Å². The number of benzene rings is 2. The topological polar surface area (TPSA) is 92.8 Å². The second-order valence-electron chi connectivity index (χ2n) is 6.40. The van der Waals surface area contributed by atoms with Crippen molar-refractivity contribution in [3.63, 3.8) is 0 Å². The Labute approximate surface area is 164 Å². The van der Waals surface area contributed by atoms with Gasteiger partial charge in [0.15, 0.2) is 0 Å². The van der Waals surface area contributed by atoms with Crippen LogP contribution in [0.25, 0.3) is 0 Å². The summed E-state index contributed by atoms with van der Waals surface area (Å²) in [4.78, 5) is -0.0187. The molecule has 2 aromatic rings. The SMILES string of the molecule is Cc1cc(CNS(=O)(=O)c2ccc(S(=O)(=O)N3CCOCC3)cc2)ccc1F. The van der Waals surface area contributed by atoms with E-state index in [0.717, 1.165) is 0 Å². The van der Waals surface area contributed by atoms with Crippen LogP contribution in [0, 0.1) is 12.7 Å². The number of rotatable bonds is 6. The highest BCUT2D eigenvalue weighted by Gasteiger charge is 2.26. The summed E-state index contributed by atoms with van der Waals surface area (Å²) in [5.41, 5.74) is 1.04. The minimum atomic E-state index is -3.84. The number of nitrogens with one attached hydrogen (secondary N) is 1. The quantitative estimate of drug-likeness (QED) is 0.755. The third kappa shape index (κ3) is 4.58. The summed E-state index contributed by atoms with van der Waals surface area (Å²) in [6, 6.07) is 9.42. The minimum Gasteiger partial charge on any atom is -0.379 e. The Morgan fingerprint density at radius 3 is 2.21 bits per heavy atom. The van der Waals surface area contributed by atoms with E-state index in [4.69, 9.17) is 4.74 Å². The molecule has 1 aliphatic rings. The molecule has 1 aliphatic heterocycles. The summed E-state index contributed by atoms with van der Waals surface area (Å²) in [6.45, 7) is 2.79. The summed E-state index contributed by atoms with van der Waals surface area (Å²) in [6.07, 6.45) is 0. The molecule has 0 bridgehead atoms. The van der Waals surface area contributed by atoms with Gasteiger partial charge >= 0.3 is 0 Å². The first kappa shape index (κ1) is 20.9. The number of aryl methyl sites for hydroxylation is 1. The van der Waals surface area contributed by atoms with Gasteiger partial charge in [-0.15, -0.1) is 0 Å². The van der Waals surface area contributed by atoms with Gasteiger partial charge in [0.2, 0.25) is 20.0 Å². The zero-order chi connectivity index (χ0) is 20.4. The molecule has 2 aromatic carbocycles. The third-order valence-corrected chi connectivity index (χ3v) is 7.76. The van der Waals surface area contributed by atoms with Crippen LogP contribution in [-0.2, 0) is 31.3 Å². The van der Waals surface area contributed by atoms with Crippen molar-refractivity contribution in [1.82, 2.24) is 9.03 Å². The van der Waals surface area contributed by atoms with Crippen LogP contribution in [0.2, 0.25) is 0 Å². The first-order valence-electron chi connectivity index (χ1n) is 8.63. The van der Waals surface area contributed by atoms with Gasteiger partial charge in [0, 0.05) is 19.6 Å². The Balaban J connectivity index is 1.73. The molecule has 28 heavy (non-hydrogen) atoms. The Hall–Kier alpha value is -1.85. The van der Waals surface area contributed by atoms with E-state index in [-0.39, 0.29) is 35.2 Å². The van der Waals surface area contributed by atoms with Gasteiger partial charge < -0.3 is 4.74 Å². The molecule has 0 radical (unpaired) electrons. The van der Waals surface area contributed by atoms with Crippen LogP contribution in [0.4, 0.5) is 4.39 Å². The molecule has 0 unspecified atom stereocenters. The predicted molar refractivity (Wildman–Crippen MR) is 101 cm³/mol. The summed E-state index contributed by atoms with van der Waals surface area (Å²) in [7, 11) is -7.53. The van der Waals surface area contributed by atoms with Crippen LogP contribution in [0.5, 0.6) is 0 Å². The van der Waals surface area contributed by atoms with Crippen LogP contribution in [0.1, 0.15) is 11.1 Å². The molecule has 1 fully saturated rings. The van der Waals surface area contributed by atoms with Crippen LogP contribution in [-0.4, -0.2) is 47.4 Å². The van der Waals surface area contributed by atoms with Crippen molar-refractivity contribution in [3.05, 3.63) is 59.4 Å². The van der Waals surface area contributed by atoms with E-state index in [1.807, 2.05) is 0 Å². The van der Waals surface area contributed by atoms with Crippen LogP contribution < -0.4 is 4.72 Å². The van der Waals surface area contributed by atoms with Gasteiger partial charge in [-0.1, -0.05) is 12.1 Å². The molecule has 1 heterocycles. The van der Waals surface area contributed by atoms with Crippen LogP contribution >= 0.6 is 0 Å². The highest BCUT2D eigenvalue weighted by molar-refractivity contribution is 7.89. The van der Waals surface area contributed by atoms with E-state index in [0.29, 0.717) is 24.3 Å². The van der Waals surface area contributed by atoms with E-state index < -0.39 is 20.0 Å². The molecule has 7 nitrogen and oxygen atoms in total. The smallest absolute Gasteiger partial charge is 0.243 e. The van der Waals surface area contributed by atoms with E-state index in [1.165, 1.54) is 40.7 Å². The predicted octanol–water partition coefficient (Wildman–Crippen LogP) is 1.63. The number of sulfonamides is 2. The van der Waals surface area contributed by atoms with Crippen molar-refractivity contribution in [2.45, 2.75) is 23.3 Å². The standard InChI is InChI=1S/C18H21FN2O5S2/c1-14-12-15(2-7-18(14)19)13-20-27(22,23)16-3-5-17(6-4-16)28(24,25)21-8-10-26-11-9-21/h2-7,12,20H,8-11,13H2,1H3. The minimum absolute atomic E-state index is 0.00270. The summed E-state index contributed by atoms with van der Waals surface area (Å²) in [5, 5.41) is 0. The number of hydrogen-bond donors (Lipinski definition) is 1. The van der Waals surface area contributed by atoms with Crippen LogP contribution in [0.3, 0.4) is 0 Å². The average Bonchev–Trinajstić information content (AvgIpc) is 2.70. The van der Waals surface area contributed by atoms with Crippen molar-refractivity contribution in [2.75, 3.05) is 26.3 Å². The summed E-state index contributed by atoms with van der Waals surface area (Å²) >= 11 is 0. The van der Waals surface area contributed by atoms with Gasteiger partial charge in [0.1, 0.15) is 5.82 Å². The maximum atomic E-state index is 13.3. The molecule has 0 aliphatic carbocycles. The molecular weight excluding hydrogens is 407 g/mol. The second kappa shape index (κ2) is 8.26. The summed E-state index contributed by atoms with van der Waals surface area (Å²) in [5.74, 6) is -0.358. The van der Waals surface area contributed by atoms with Gasteiger partial charge in [-0.25, -0.2) is 25.9 Å². The van der Waals surface area contributed by atoms with E-state index in [1.54, 1.807) is 13.0 Å². The third-order valence-electron chi connectivity index (χ3n) is 4.43. The Morgan fingerprint density at radius 2 is 1.61 bits per heavy atom. The number of nitrogens with zero attached hydrogens (tertiary/aromatic N) is 1. The molecule has 3 rings (SSSR count). The molecule has 0 spiro atoms. The molecule has 0 aromatic heterocycles. The van der Waals surface area contributed by atoms with Crippen molar-refractivity contribution in [1.29, 1.82) is 0 Å². The van der Waals surface area contributed by atoms with Crippen LogP contribution in [0.15, 0.2) is 52.3 Å². The van der Waals surface area contributed by atoms with E-state index in [9.17, 15) is 21.2 Å². The van der Waals surface area contributed by atoms with Crippen molar-refractivity contribution < 1.29 is 26.0 Å². The van der Waals surface area contributed by atoms with Gasteiger partial charge in [-0.05, 0) is 48.4 Å². The first-order valence-corrected chi connectivity index (χ1v) is 11.6. The highest BCUT2D eigenvalue weighted by Crippen LogP contribution is 2.20. The number of morpholine rings is 1. The number of ether oxygens (including phenoxy) is 1. The lowest BCUT2D eigenvalue weighted by Crippen LogP contribution is -2.40. The van der Waals surface area contributed by atoms with E-state index in [2.05, 4.69) is 4.72 Å². The fourth-order valence-corrected chi connectivity index (χ4v) is 5.23. The lowest BCUT2D eigenvalue weighted by atomic mass is 10.1. The molecule has 0 amide bonds. The highest BCUT2D eigenvalue weighted by atomic mass is 32.2. The Bertz CT molecular complexity index is 1050. The van der Waals surface area contributed by atoms with Gasteiger partial charge in [0.25, 0.3) is 0 Å². The lowest BCUT2D eigenvalue weighted by Gasteiger charge is -2.26. The van der Waals surface area contributed by atoms with Gasteiger partial charge in [-0.2, -0.15) is 4.31 Å². The Morgan fingerprint density at radius 1 is 1.00 bits per heavy atom. The number of halogens is 1. The largest absolute Gasteiger partial charge is 0.379 e. The fraction of sp³-hybridized carbons (Fsp3) is 0.333. The van der Waals surface area contributed by atoms with Crippen molar-refractivity contribution in [3.8, 4) is 0 Å². The van der Waals surface area contributed by atoms with Gasteiger partial charge in [0.05, 0.1) is 23.0 Å². The normalized spacial score (nSPS) is 16.2. The molecule has 0 saturated carbocycles. The zero-order valence-electron chi connectivity index (χ0n) is 15.3. The van der Waals surface area contributed by atoms with Crippen molar-refractivity contribution >= 4 is 20.0 Å². The number of hydrogen-bond acceptors (Lipinski definition) is 5. The Kier molecular flexibility index (Phi) is 6.15. The molecule has 0 atom stereocenters. The molecule has 1 saturated heterocycles. The second-order valence-corrected chi connectivity index (χ2v) is 10.1. The first-order chi connectivity index (χ1) is 13.2. The fourth-order valence-electron chi connectivity index (χ4n) is 2.81. The molecule has 152 valence electrons. The zero-order valence-corrected chi connectivity index (χ0v) is 16.9.